The van der Waals surface area contributed by atoms with Crippen molar-refractivity contribution < 1.29 is 13.2 Å². The third-order valence-corrected chi connectivity index (χ3v) is 6.57. The summed E-state index contributed by atoms with van der Waals surface area (Å²) >= 11 is 0. The van der Waals surface area contributed by atoms with Crippen LogP contribution in [0.5, 0.6) is 0 Å². The number of hydrogen-bond donors (Lipinski definition) is 1. The van der Waals surface area contributed by atoms with Crippen molar-refractivity contribution in [1.29, 1.82) is 0 Å². The summed E-state index contributed by atoms with van der Waals surface area (Å²) in [5, 5.41) is 7.20. The second-order valence-electron chi connectivity index (χ2n) is 6.49. The lowest BCUT2D eigenvalue weighted by molar-refractivity contribution is 0.205. The molecule has 128 valence electrons. The van der Waals surface area contributed by atoms with E-state index in [1.54, 1.807) is 6.20 Å². The molecule has 0 saturated carbocycles. The molecule has 2 fully saturated rings. The van der Waals surface area contributed by atoms with Gasteiger partial charge in [0.15, 0.2) is 0 Å². The van der Waals surface area contributed by atoms with E-state index in [0.717, 1.165) is 32.2 Å². The van der Waals surface area contributed by atoms with Crippen LogP contribution in [0.1, 0.15) is 31.7 Å². The van der Waals surface area contributed by atoms with Gasteiger partial charge in [0.25, 0.3) is 0 Å². The molecule has 0 radical (unpaired) electrons. The highest BCUT2D eigenvalue weighted by Crippen LogP contribution is 2.22. The fourth-order valence-electron chi connectivity index (χ4n) is 3.36. The van der Waals surface area contributed by atoms with Gasteiger partial charge in [0.2, 0.25) is 0 Å². The first-order chi connectivity index (χ1) is 11.0. The van der Waals surface area contributed by atoms with Gasteiger partial charge < -0.3 is 10.2 Å². The van der Waals surface area contributed by atoms with Gasteiger partial charge >= 0.3 is 6.03 Å². The number of nitrogens with zero attached hydrogens (tertiary/aromatic N) is 3. The first kappa shape index (κ1) is 16.3. The summed E-state index contributed by atoms with van der Waals surface area (Å²) in [5.74, 6) is 1.00. The second-order valence-corrected chi connectivity index (χ2v) is 8.79. The van der Waals surface area contributed by atoms with Gasteiger partial charge in [-0.25, -0.2) is 13.2 Å². The Kier molecular flexibility index (Phi) is 4.89. The molecule has 1 N–H and O–H groups in total. The molecule has 23 heavy (non-hydrogen) atoms. The molecule has 7 nitrogen and oxygen atoms in total. The first-order valence-electron chi connectivity index (χ1n) is 8.26. The van der Waals surface area contributed by atoms with Crippen molar-refractivity contribution in [2.24, 2.45) is 5.92 Å². The van der Waals surface area contributed by atoms with Crippen LogP contribution in [0.4, 0.5) is 4.79 Å². The van der Waals surface area contributed by atoms with E-state index in [1.807, 2.05) is 21.8 Å². The summed E-state index contributed by atoms with van der Waals surface area (Å²) in [6.45, 7) is 2.06. The van der Waals surface area contributed by atoms with Crippen molar-refractivity contribution in [3.8, 4) is 0 Å². The summed E-state index contributed by atoms with van der Waals surface area (Å²) in [4.78, 5) is 14.0. The van der Waals surface area contributed by atoms with Gasteiger partial charge in [-0.15, -0.1) is 0 Å². The molecule has 2 saturated heterocycles. The fraction of sp³-hybridized carbons (Fsp3) is 0.733. The van der Waals surface area contributed by atoms with Gasteiger partial charge in [0.1, 0.15) is 9.84 Å². The van der Waals surface area contributed by atoms with E-state index in [9.17, 15) is 13.2 Å². The molecule has 2 amide bonds. The summed E-state index contributed by atoms with van der Waals surface area (Å²) in [7, 11) is -2.80. The molecule has 1 atom stereocenters. The number of hydrogen-bond acceptors (Lipinski definition) is 4. The van der Waals surface area contributed by atoms with E-state index in [4.69, 9.17) is 0 Å². The highest BCUT2D eigenvalue weighted by atomic mass is 32.2. The number of sulfone groups is 1. The van der Waals surface area contributed by atoms with Crippen LogP contribution in [0.25, 0.3) is 0 Å². The third-order valence-electron chi connectivity index (χ3n) is 4.85. The Morgan fingerprint density at radius 2 is 2.04 bits per heavy atom. The summed E-state index contributed by atoms with van der Waals surface area (Å²) < 4.78 is 24.7. The standard InChI is InChI=1S/C15H24N4O3S/c20-15(16-7-2-13-4-10-23(21,22)11-5-13)18-9-3-14(12-18)19-8-1-6-17-19/h1,6,8,13-14H,2-5,7,9-12H2,(H,16,20). The van der Waals surface area contributed by atoms with Gasteiger partial charge in [-0.3, -0.25) is 4.68 Å². The van der Waals surface area contributed by atoms with Crippen molar-refractivity contribution in [3.63, 3.8) is 0 Å². The van der Waals surface area contributed by atoms with Crippen LogP contribution in [0.3, 0.4) is 0 Å². The Balaban J connectivity index is 1.37. The largest absolute Gasteiger partial charge is 0.338 e. The Morgan fingerprint density at radius 1 is 1.26 bits per heavy atom. The Labute approximate surface area is 137 Å². The highest BCUT2D eigenvalue weighted by molar-refractivity contribution is 7.91. The Bertz CT molecular complexity index is 615. The number of amides is 2. The van der Waals surface area contributed by atoms with Gasteiger partial charge in [0.05, 0.1) is 17.5 Å². The molecule has 3 heterocycles. The minimum absolute atomic E-state index is 0.0249. The van der Waals surface area contributed by atoms with Crippen molar-refractivity contribution >= 4 is 15.9 Å². The van der Waals surface area contributed by atoms with Crippen LogP contribution in [0, 0.1) is 5.92 Å². The van der Waals surface area contributed by atoms with Crippen LogP contribution in [0.2, 0.25) is 0 Å². The molecule has 1 unspecified atom stereocenters. The highest BCUT2D eigenvalue weighted by Gasteiger charge is 2.28. The van der Waals surface area contributed by atoms with E-state index < -0.39 is 9.84 Å². The maximum atomic E-state index is 12.2. The lowest BCUT2D eigenvalue weighted by Crippen LogP contribution is -2.39. The predicted molar refractivity (Wildman–Crippen MR) is 86.8 cm³/mol. The minimum atomic E-state index is -2.80. The van der Waals surface area contributed by atoms with Gasteiger partial charge in [-0.2, -0.15) is 5.10 Å². The van der Waals surface area contributed by atoms with Crippen molar-refractivity contribution in [3.05, 3.63) is 18.5 Å². The second kappa shape index (κ2) is 6.90. The van der Waals surface area contributed by atoms with E-state index >= 15 is 0 Å². The van der Waals surface area contributed by atoms with Crippen LogP contribution in [-0.4, -0.2) is 60.3 Å². The van der Waals surface area contributed by atoms with Crippen LogP contribution >= 0.6 is 0 Å². The molecule has 0 aliphatic carbocycles. The third kappa shape index (κ3) is 4.25. The average Bonchev–Trinajstić information content (AvgIpc) is 3.19. The molecular weight excluding hydrogens is 316 g/mol. The van der Waals surface area contributed by atoms with Gasteiger partial charge in [-0.05, 0) is 37.7 Å². The lowest BCUT2D eigenvalue weighted by Gasteiger charge is -2.23. The normalized spacial score (nSPS) is 24.7. The maximum Gasteiger partial charge on any atom is 0.317 e. The molecule has 8 heteroatoms. The van der Waals surface area contributed by atoms with E-state index in [2.05, 4.69) is 10.4 Å². The molecule has 2 aliphatic heterocycles. The predicted octanol–water partition coefficient (Wildman–Crippen LogP) is 1.05. The lowest BCUT2D eigenvalue weighted by atomic mass is 9.99. The number of likely N-dealkylation sites (tertiary alicyclic amines) is 1. The quantitative estimate of drug-likeness (QED) is 0.888. The number of carbonyl (C=O) groups excluding carboxylic acids is 1. The molecule has 0 bridgehead atoms. The molecular formula is C15H24N4O3S. The Hall–Kier alpha value is -1.57. The zero-order chi connectivity index (χ0) is 16.3. The minimum Gasteiger partial charge on any atom is -0.338 e. The smallest absolute Gasteiger partial charge is 0.317 e. The number of nitrogens with one attached hydrogen (secondary N) is 1. The molecule has 1 aromatic heterocycles. The van der Waals surface area contributed by atoms with Crippen LogP contribution in [-0.2, 0) is 9.84 Å². The zero-order valence-electron chi connectivity index (χ0n) is 13.2. The first-order valence-corrected chi connectivity index (χ1v) is 10.1. The zero-order valence-corrected chi connectivity index (χ0v) is 14.0. The molecule has 1 aromatic rings. The maximum absolute atomic E-state index is 12.2. The van der Waals surface area contributed by atoms with E-state index in [1.165, 1.54) is 0 Å². The molecule has 3 rings (SSSR count). The van der Waals surface area contributed by atoms with Crippen molar-refractivity contribution in [2.45, 2.75) is 31.7 Å². The van der Waals surface area contributed by atoms with E-state index in [0.29, 0.717) is 30.5 Å². The SMILES string of the molecule is O=C(NCCC1CCS(=O)(=O)CC1)N1CCC(n2cccn2)C1. The van der Waals surface area contributed by atoms with Crippen LogP contribution < -0.4 is 5.32 Å². The molecule has 0 spiro atoms. The van der Waals surface area contributed by atoms with Gasteiger partial charge in [-0.1, -0.05) is 0 Å². The number of urea groups is 1. The summed E-state index contributed by atoms with van der Waals surface area (Å²) in [6, 6.07) is 2.13. The number of aromatic nitrogens is 2. The summed E-state index contributed by atoms with van der Waals surface area (Å²) in [6.07, 6.45) is 6.93. The Morgan fingerprint density at radius 3 is 2.74 bits per heavy atom. The van der Waals surface area contributed by atoms with E-state index in [-0.39, 0.29) is 12.1 Å². The monoisotopic (exact) mass is 340 g/mol. The van der Waals surface area contributed by atoms with Crippen molar-refractivity contribution in [2.75, 3.05) is 31.1 Å². The number of carbonyl (C=O) groups is 1. The van der Waals surface area contributed by atoms with Gasteiger partial charge in [0, 0.05) is 32.0 Å². The molecule has 2 aliphatic rings. The molecule has 0 aromatic carbocycles. The topological polar surface area (TPSA) is 84.3 Å². The fourth-order valence-corrected chi connectivity index (χ4v) is 4.95. The number of rotatable bonds is 4. The summed E-state index contributed by atoms with van der Waals surface area (Å²) in [5.41, 5.74) is 0. The van der Waals surface area contributed by atoms with Crippen molar-refractivity contribution in [1.82, 2.24) is 20.0 Å². The average molecular weight is 340 g/mol. The van der Waals surface area contributed by atoms with Crippen LogP contribution in [0.15, 0.2) is 18.5 Å².